The average molecular weight is 422 g/mol. The van der Waals surface area contributed by atoms with E-state index in [4.69, 9.17) is 11.5 Å². The first-order valence-corrected chi connectivity index (χ1v) is 7.33. The lowest BCUT2D eigenvalue weighted by molar-refractivity contribution is 0.0996. The Kier molecular flexibility index (Phi) is 6.94. The molecular weight excluding hydrogens is 410 g/mol. The highest BCUT2D eigenvalue weighted by Crippen LogP contribution is 2.18. The van der Waals surface area contributed by atoms with Crippen LogP contribution in [-0.4, -0.2) is 5.91 Å². The molecule has 0 atom stereocenters. The van der Waals surface area contributed by atoms with Gasteiger partial charge in [0.15, 0.2) is 0 Å². The van der Waals surface area contributed by atoms with Crippen molar-refractivity contribution in [3.05, 3.63) is 68.1 Å². The van der Waals surface area contributed by atoms with Crippen molar-refractivity contribution in [3.63, 3.8) is 0 Å². The van der Waals surface area contributed by atoms with Crippen molar-refractivity contribution < 1.29 is 13.6 Å². The largest absolute Gasteiger partial charge is 0.366 e. The van der Waals surface area contributed by atoms with Gasteiger partial charge in [0.25, 0.3) is 5.91 Å². The first-order chi connectivity index (χ1) is 9.88. The molecule has 0 saturated heterocycles. The van der Waals surface area contributed by atoms with Gasteiger partial charge in [0.2, 0.25) is 0 Å². The number of primary amides is 1. The van der Waals surface area contributed by atoms with E-state index in [9.17, 15) is 13.6 Å². The summed E-state index contributed by atoms with van der Waals surface area (Å²) in [5, 5.41) is 0. The minimum Gasteiger partial charge on any atom is -0.366 e. The molecule has 112 valence electrons. The van der Waals surface area contributed by atoms with E-state index >= 15 is 0 Å². The lowest BCUT2D eigenvalue weighted by Crippen LogP contribution is -2.13. The molecule has 0 saturated carbocycles. The van der Waals surface area contributed by atoms with E-state index in [0.717, 1.165) is 0 Å². The van der Waals surface area contributed by atoms with Gasteiger partial charge in [0, 0.05) is 12.1 Å². The maximum atomic E-state index is 12.9. The molecule has 7 heteroatoms. The second-order valence-corrected chi connectivity index (χ2v) is 5.59. The topological polar surface area (TPSA) is 69.1 Å². The van der Waals surface area contributed by atoms with Crippen LogP contribution in [0.15, 0.2) is 45.3 Å². The molecule has 21 heavy (non-hydrogen) atoms. The van der Waals surface area contributed by atoms with Gasteiger partial charge in [-0.25, -0.2) is 8.78 Å². The zero-order valence-corrected chi connectivity index (χ0v) is 13.9. The molecule has 0 fully saturated rings. The molecule has 0 radical (unpaired) electrons. The Bertz CT molecular complexity index is 651. The van der Waals surface area contributed by atoms with Crippen LogP contribution in [0.4, 0.5) is 8.78 Å². The van der Waals surface area contributed by atoms with Crippen LogP contribution >= 0.6 is 31.9 Å². The summed E-state index contributed by atoms with van der Waals surface area (Å²) in [7, 11) is 0. The van der Waals surface area contributed by atoms with Crippen molar-refractivity contribution in [1.29, 1.82) is 0 Å². The predicted octanol–water partition coefficient (Wildman–Crippen LogP) is 3.73. The zero-order chi connectivity index (χ0) is 16.0. The fourth-order valence-corrected chi connectivity index (χ4v) is 2.17. The summed E-state index contributed by atoms with van der Waals surface area (Å²) in [5.41, 5.74) is 10.6. The van der Waals surface area contributed by atoms with Gasteiger partial charge in [-0.3, -0.25) is 4.79 Å². The number of carbonyl (C=O) groups is 1. The SMILES string of the molecule is NC(=O)c1cccc(Br)c1F.NCc1cccc(Br)c1F. The highest BCUT2D eigenvalue weighted by atomic mass is 79.9. The van der Waals surface area contributed by atoms with Gasteiger partial charge in [-0.2, -0.15) is 0 Å². The highest BCUT2D eigenvalue weighted by Gasteiger charge is 2.09. The summed E-state index contributed by atoms with van der Waals surface area (Å²) in [6, 6.07) is 9.46. The normalized spacial score (nSPS) is 9.76. The van der Waals surface area contributed by atoms with E-state index in [1.54, 1.807) is 24.3 Å². The van der Waals surface area contributed by atoms with Crippen molar-refractivity contribution in [2.45, 2.75) is 6.54 Å². The van der Waals surface area contributed by atoms with Crippen molar-refractivity contribution in [2.75, 3.05) is 0 Å². The maximum absolute atomic E-state index is 12.9. The van der Waals surface area contributed by atoms with E-state index in [2.05, 4.69) is 31.9 Å². The number of nitrogens with two attached hydrogens (primary N) is 2. The third-order valence-electron chi connectivity index (χ3n) is 2.47. The molecule has 0 bridgehead atoms. The highest BCUT2D eigenvalue weighted by molar-refractivity contribution is 9.10. The molecule has 0 aliphatic rings. The second-order valence-electron chi connectivity index (χ2n) is 3.88. The summed E-state index contributed by atoms with van der Waals surface area (Å²) < 4.78 is 26.5. The molecule has 0 aliphatic heterocycles. The Hall–Kier alpha value is -1.31. The number of benzene rings is 2. The van der Waals surface area contributed by atoms with Gasteiger partial charge >= 0.3 is 0 Å². The van der Waals surface area contributed by atoms with Gasteiger partial charge in [-0.05, 0) is 50.1 Å². The van der Waals surface area contributed by atoms with Gasteiger partial charge in [0.05, 0.1) is 14.5 Å². The molecule has 0 aromatic heterocycles. The summed E-state index contributed by atoms with van der Waals surface area (Å²) in [6.07, 6.45) is 0. The van der Waals surface area contributed by atoms with Gasteiger partial charge in [-0.15, -0.1) is 0 Å². The summed E-state index contributed by atoms with van der Waals surface area (Å²) >= 11 is 5.99. The maximum Gasteiger partial charge on any atom is 0.251 e. The molecule has 0 aliphatic carbocycles. The van der Waals surface area contributed by atoms with Crippen LogP contribution in [0.5, 0.6) is 0 Å². The third-order valence-corrected chi connectivity index (χ3v) is 3.69. The van der Waals surface area contributed by atoms with E-state index in [1.165, 1.54) is 12.1 Å². The summed E-state index contributed by atoms with van der Waals surface area (Å²) in [6.45, 7) is 0.241. The molecule has 2 rings (SSSR count). The lowest BCUT2D eigenvalue weighted by atomic mass is 10.2. The van der Waals surface area contributed by atoms with E-state index in [0.29, 0.717) is 10.0 Å². The molecule has 1 amide bonds. The van der Waals surface area contributed by atoms with E-state index in [-0.39, 0.29) is 22.4 Å². The third kappa shape index (κ3) is 4.87. The number of amides is 1. The van der Waals surface area contributed by atoms with Crippen molar-refractivity contribution in [2.24, 2.45) is 11.5 Å². The molecule has 3 nitrogen and oxygen atoms in total. The number of halogens is 4. The van der Waals surface area contributed by atoms with Crippen molar-refractivity contribution >= 4 is 37.8 Å². The Balaban J connectivity index is 0.000000211. The molecule has 0 heterocycles. The Morgan fingerprint density at radius 1 is 1.00 bits per heavy atom. The Morgan fingerprint density at radius 3 is 1.95 bits per heavy atom. The van der Waals surface area contributed by atoms with E-state index in [1.807, 2.05) is 0 Å². The quantitative estimate of drug-likeness (QED) is 0.775. The minimum absolute atomic E-state index is 0.0978. The van der Waals surface area contributed by atoms with Crippen LogP contribution in [0.25, 0.3) is 0 Å². The summed E-state index contributed by atoms with van der Waals surface area (Å²) in [5.74, 6) is -1.63. The zero-order valence-electron chi connectivity index (χ0n) is 10.7. The number of hydrogen-bond acceptors (Lipinski definition) is 2. The standard InChI is InChI=1S/C7H5BrFNO.C7H7BrFN/c8-5-3-1-2-4(6(5)9)7(10)11;8-6-3-1-2-5(4-10)7(6)9/h1-3H,(H2,10,11);1-3H,4,10H2. The fraction of sp³-hybridized carbons (Fsp3) is 0.0714. The molecule has 2 aromatic carbocycles. The molecular formula is C14H12Br2F2N2O. The first kappa shape index (κ1) is 17.7. The van der Waals surface area contributed by atoms with E-state index < -0.39 is 11.7 Å². The monoisotopic (exact) mass is 420 g/mol. The molecule has 2 aromatic rings. The van der Waals surface area contributed by atoms with Crippen LogP contribution in [-0.2, 0) is 6.54 Å². The van der Waals surface area contributed by atoms with Crippen LogP contribution in [0.1, 0.15) is 15.9 Å². The van der Waals surface area contributed by atoms with Crippen LogP contribution < -0.4 is 11.5 Å². The van der Waals surface area contributed by atoms with Crippen LogP contribution in [0.3, 0.4) is 0 Å². The smallest absolute Gasteiger partial charge is 0.251 e. The first-order valence-electron chi connectivity index (χ1n) is 5.75. The predicted molar refractivity (Wildman–Crippen MR) is 84.6 cm³/mol. The summed E-state index contributed by atoms with van der Waals surface area (Å²) in [4.78, 5) is 10.5. The molecule has 4 N–H and O–H groups in total. The average Bonchev–Trinajstić information content (AvgIpc) is 2.45. The number of carbonyl (C=O) groups excluding carboxylic acids is 1. The minimum atomic E-state index is -0.760. The van der Waals surface area contributed by atoms with Crippen molar-refractivity contribution in [3.8, 4) is 0 Å². The van der Waals surface area contributed by atoms with Crippen LogP contribution in [0.2, 0.25) is 0 Å². The number of hydrogen-bond donors (Lipinski definition) is 2. The van der Waals surface area contributed by atoms with Crippen molar-refractivity contribution in [1.82, 2.24) is 0 Å². The van der Waals surface area contributed by atoms with Gasteiger partial charge in [0.1, 0.15) is 11.6 Å². The number of rotatable bonds is 2. The second kappa shape index (κ2) is 8.21. The lowest BCUT2D eigenvalue weighted by Gasteiger charge is -1.99. The Labute approximate surface area is 137 Å². The molecule has 0 unspecified atom stereocenters. The Morgan fingerprint density at radius 2 is 1.52 bits per heavy atom. The van der Waals surface area contributed by atoms with Crippen LogP contribution in [0, 0.1) is 11.6 Å². The fourth-order valence-electron chi connectivity index (χ4n) is 1.40. The van der Waals surface area contributed by atoms with Gasteiger partial charge in [-0.1, -0.05) is 18.2 Å². The molecule has 0 spiro atoms. The van der Waals surface area contributed by atoms with Gasteiger partial charge < -0.3 is 11.5 Å².